The van der Waals surface area contributed by atoms with Crippen LogP contribution in [0, 0.1) is 0 Å². The van der Waals surface area contributed by atoms with Crippen molar-refractivity contribution in [3.63, 3.8) is 0 Å². The zero-order valence-corrected chi connectivity index (χ0v) is 9.92. The minimum absolute atomic E-state index is 0.614. The Bertz CT molecular complexity index is 402. The Morgan fingerprint density at radius 3 is 3.00 bits per heavy atom. The number of rotatable bonds is 2. The third kappa shape index (κ3) is 1.90. The molecular formula is C13H18N2O. The molecular weight excluding hydrogens is 200 g/mol. The van der Waals surface area contributed by atoms with Crippen molar-refractivity contribution in [2.45, 2.75) is 26.2 Å². The molecule has 0 atom stereocenters. The molecule has 1 aliphatic heterocycles. The molecule has 1 heterocycles. The van der Waals surface area contributed by atoms with Crippen LogP contribution in [0.1, 0.15) is 26.2 Å². The molecule has 2 aliphatic rings. The van der Waals surface area contributed by atoms with Crippen molar-refractivity contribution in [2.24, 2.45) is 10.7 Å². The first-order chi connectivity index (χ1) is 7.76. The highest BCUT2D eigenvalue weighted by Gasteiger charge is 2.22. The maximum atomic E-state index is 5.83. The van der Waals surface area contributed by atoms with Gasteiger partial charge in [-0.1, -0.05) is 6.92 Å². The van der Waals surface area contributed by atoms with Gasteiger partial charge in [0.25, 0.3) is 0 Å². The van der Waals surface area contributed by atoms with Gasteiger partial charge in [-0.15, -0.1) is 0 Å². The third-order valence-corrected chi connectivity index (χ3v) is 3.05. The summed E-state index contributed by atoms with van der Waals surface area (Å²) in [6, 6.07) is 0. The van der Waals surface area contributed by atoms with Crippen LogP contribution >= 0.6 is 0 Å². The van der Waals surface area contributed by atoms with E-state index in [0.717, 1.165) is 30.7 Å². The predicted octanol–water partition coefficient (Wildman–Crippen LogP) is 2.31. The zero-order chi connectivity index (χ0) is 11.5. The molecule has 0 aromatic carbocycles. The first-order valence-corrected chi connectivity index (χ1v) is 5.72. The fourth-order valence-electron chi connectivity index (χ4n) is 2.30. The van der Waals surface area contributed by atoms with E-state index in [1.165, 1.54) is 16.7 Å². The molecule has 0 bridgehead atoms. The maximum absolute atomic E-state index is 5.83. The van der Waals surface area contributed by atoms with E-state index in [1.54, 1.807) is 7.05 Å². The molecule has 0 aromatic rings. The van der Waals surface area contributed by atoms with E-state index in [1.807, 2.05) is 12.3 Å². The van der Waals surface area contributed by atoms with Crippen molar-refractivity contribution < 1.29 is 4.74 Å². The van der Waals surface area contributed by atoms with Crippen molar-refractivity contribution in [3.05, 3.63) is 34.3 Å². The zero-order valence-electron chi connectivity index (χ0n) is 9.92. The lowest BCUT2D eigenvalue weighted by Gasteiger charge is -2.26. The second-order valence-electron chi connectivity index (χ2n) is 4.10. The largest absolute Gasteiger partial charge is 0.488 e. The monoisotopic (exact) mass is 218 g/mol. The Hall–Kier alpha value is -1.51. The number of allylic oxidation sites excluding steroid dienone is 4. The van der Waals surface area contributed by atoms with Gasteiger partial charge >= 0.3 is 0 Å². The van der Waals surface area contributed by atoms with Crippen LogP contribution < -0.4 is 5.73 Å². The van der Waals surface area contributed by atoms with Gasteiger partial charge in [0.2, 0.25) is 0 Å². The van der Waals surface area contributed by atoms with E-state index >= 15 is 0 Å². The summed E-state index contributed by atoms with van der Waals surface area (Å²) >= 11 is 0. The summed E-state index contributed by atoms with van der Waals surface area (Å²) in [6.45, 7) is 2.79. The van der Waals surface area contributed by atoms with Gasteiger partial charge in [0.15, 0.2) is 0 Å². The molecule has 2 N–H and O–H groups in total. The molecule has 0 amide bonds. The lowest BCUT2D eigenvalue weighted by Crippen LogP contribution is -2.17. The molecule has 3 nitrogen and oxygen atoms in total. The van der Waals surface area contributed by atoms with Crippen LogP contribution in [0.25, 0.3) is 0 Å². The Balaban J connectivity index is 2.43. The van der Waals surface area contributed by atoms with Gasteiger partial charge in [0, 0.05) is 24.5 Å². The van der Waals surface area contributed by atoms with Crippen molar-refractivity contribution in [1.82, 2.24) is 0 Å². The molecule has 0 unspecified atom stereocenters. The lowest BCUT2D eigenvalue weighted by atomic mass is 9.88. The predicted molar refractivity (Wildman–Crippen MR) is 66.2 cm³/mol. The van der Waals surface area contributed by atoms with Crippen LogP contribution in [-0.4, -0.2) is 19.9 Å². The first-order valence-electron chi connectivity index (χ1n) is 5.72. The molecule has 0 aromatic heterocycles. The van der Waals surface area contributed by atoms with Gasteiger partial charge in [-0.2, -0.15) is 0 Å². The van der Waals surface area contributed by atoms with E-state index in [-0.39, 0.29) is 0 Å². The van der Waals surface area contributed by atoms with Crippen LogP contribution in [0.2, 0.25) is 0 Å². The smallest absolute Gasteiger partial charge is 0.125 e. The van der Waals surface area contributed by atoms with E-state index in [2.05, 4.69) is 11.9 Å². The minimum Gasteiger partial charge on any atom is -0.488 e. The summed E-state index contributed by atoms with van der Waals surface area (Å²) in [4.78, 5) is 4.08. The van der Waals surface area contributed by atoms with Gasteiger partial charge in [-0.05, 0) is 36.5 Å². The van der Waals surface area contributed by atoms with Gasteiger partial charge in [0.05, 0.1) is 0 Å². The summed E-state index contributed by atoms with van der Waals surface area (Å²) in [5.74, 6) is 0.967. The molecule has 3 heteroatoms. The third-order valence-electron chi connectivity index (χ3n) is 3.05. The number of hydrogen-bond donors (Lipinski definition) is 1. The Kier molecular flexibility index (Phi) is 3.13. The van der Waals surface area contributed by atoms with Crippen LogP contribution in [0.5, 0.6) is 0 Å². The molecule has 0 saturated heterocycles. The van der Waals surface area contributed by atoms with Crippen molar-refractivity contribution in [1.29, 1.82) is 0 Å². The fraction of sp³-hybridized carbons (Fsp3) is 0.462. The molecule has 0 fully saturated rings. The maximum Gasteiger partial charge on any atom is 0.125 e. The molecule has 0 radical (unpaired) electrons. The van der Waals surface area contributed by atoms with Crippen LogP contribution in [0.15, 0.2) is 39.2 Å². The summed E-state index contributed by atoms with van der Waals surface area (Å²) in [6.07, 6.45) is 6.82. The lowest BCUT2D eigenvalue weighted by molar-refractivity contribution is 0.243. The van der Waals surface area contributed by atoms with E-state index in [0.29, 0.717) is 6.61 Å². The van der Waals surface area contributed by atoms with Crippen molar-refractivity contribution >= 4 is 6.21 Å². The molecule has 0 spiro atoms. The van der Waals surface area contributed by atoms with Crippen molar-refractivity contribution in [3.8, 4) is 0 Å². The average Bonchev–Trinajstić information content (AvgIpc) is 2.29. The van der Waals surface area contributed by atoms with Gasteiger partial charge in [-0.3, -0.25) is 4.99 Å². The molecule has 86 valence electrons. The molecule has 0 saturated carbocycles. The van der Waals surface area contributed by atoms with Crippen LogP contribution in [0.4, 0.5) is 0 Å². The number of aliphatic imine (C=N–C) groups is 1. The molecule has 16 heavy (non-hydrogen) atoms. The molecule has 1 aliphatic carbocycles. The summed E-state index contributed by atoms with van der Waals surface area (Å²) in [7, 11) is 1.79. The van der Waals surface area contributed by atoms with Crippen molar-refractivity contribution in [2.75, 3.05) is 13.7 Å². The van der Waals surface area contributed by atoms with E-state index in [9.17, 15) is 0 Å². The van der Waals surface area contributed by atoms with Gasteiger partial charge < -0.3 is 10.5 Å². The standard InChI is InChI=1S/C13H18N2O/c1-3-11-9(7-15-2)8-16-13-6-10(14)4-5-12(11)13/h6-7H,3-5,8,14H2,1-2H3. The average molecular weight is 218 g/mol. The van der Waals surface area contributed by atoms with Crippen LogP contribution in [-0.2, 0) is 4.74 Å². The quantitative estimate of drug-likeness (QED) is 0.723. The topological polar surface area (TPSA) is 47.6 Å². The number of hydrogen-bond acceptors (Lipinski definition) is 3. The SMILES string of the molecule is CCC1=C(C=NC)COC2=C1CCC(N)=C2. The Morgan fingerprint density at radius 1 is 1.50 bits per heavy atom. The minimum atomic E-state index is 0.614. The first kappa shape index (κ1) is 11.0. The Labute approximate surface area is 96.4 Å². The highest BCUT2D eigenvalue weighted by molar-refractivity contribution is 5.82. The second-order valence-corrected chi connectivity index (χ2v) is 4.10. The fourth-order valence-corrected chi connectivity index (χ4v) is 2.30. The number of nitrogens with zero attached hydrogens (tertiary/aromatic N) is 1. The van der Waals surface area contributed by atoms with Gasteiger partial charge in [0.1, 0.15) is 12.4 Å². The van der Waals surface area contributed by atoms with E-state index < -0.39 is 0 Å². The normalized spacial score (nSPS) is 21.0. The van der Waals surface area contributed by atoms with Gasteiger partial charge in [-0.25, -0.2) is 0 Å². The summed E-state index contributed by atoms with van der Waals surface area (Å²) in [5, 5.41) is 0. The number of ether oxygens (including phenoxy) is 1. The highest BCUT2D eigenvalue weighted by atomic mass is 16.5. The van der Waals surface area contributed by atoms with Crippen LogP contribution in [0.3, 0.4) is 0 Å². The second kappa shape index (κ2) is 4.56. The highest BCUT2D eigenvalue weighted by Crippen LogP contribution is 2.34. The Morgan fingerprint density at radius 2 is 2.31 bits per heavy atom. The number of nitrogens with two attached hydrogens (primary N) is 1. The molecule has 2 rings (SSSR count). The summed E-state index contributed by atoms with van der Waals surface area (Å²) in [5.41, 5.74) is 10.7. The van der Waals surface area contributed by atoms with E-state index in [4.69, 9.17) is 10.5 Å². The summed E-state index contributed by atoms with van der Waals surface area (Å²) < 4.78 is 5.72.